The lowest BCUT2D eigenvalue weighted by molar-refractivity contribution is 0.306. The van der Waals surface area contributed by atoms with E-state index in [1.807, 2.05) is 18.2 Å². The first-order valence-corrected chi connectivity index (χ1v) is 10.7. The van der Waals surface area contributed by atoms with Crippen molar-refractivity contribution in [2.24, 2.45) is 5.73 Å². The van der Waals surface area contributed by atoms with E-state index in [-0.39, 0.29) is 0 Å². The fourth-order valence-corrected chi connectivity index (χ4v) is 4.54. The van der Waals surface area contributed by atoms with E-state index in [1.165, 1.54) is 32.6 Å². The molecule has 144 valence electrons. The molecule has 4 rings (SSSR count). The van der Waals surface area contributed by atoms with Crippen molar-refractivity contribution in [3.63, 3.8) is 0 Å². The van der Waals surface area contributed by atoms with Crippen LogP contribution < -0.4 is 10.5 Å². The van der Waals surface area contributed by atoms with Crippen molar-refractivity contribution >= 4 is 22.2 Å². The highest BCUT2D eigenvalue weighted by Gasteiger charge is 2.16. The lowest BCUT2D eigenvalue weighted by Crippen LogP contribution is -1.99. The molecule has 0 atom stereocenters. The van der Waals surface area contributed by atoms with Crippen LogP contribution in [0.25, 0.3) is 21.5 Å². The molecule has 0 spiro atoms. The second-order valence-corrected chi connectivity index (χ2v) is 8.05. The number of aromatic amines is 1. The van der Waals surface area contributed by atoms with Crippen molar-refractivity contribution in [2.75, 3.05) is 6.54 Å². The number of benzene rings is 2. The van der Waals surface area contributed by atoms with Crippen LogP contribution in [0.3, 0.4) is 0 Å². The Hall–Kier alpha value is -2.56. The van der Waals surface area contributed by atoms with Crippen LogP contribution in [-0.2, 0) is 13.0 Å². The van der Waals surface area contributed by atoms with Crippen LogP contribution in [-0.4, -0.2) is 11.5 Å². The lowest BCUT2D eigenvalue weighted by Gasteiger charge is -2.08. The first-order valence-electron chi connectivity index (χ1n) is 9.82. The Morgan fingerprint density at radius 3 is 2.64 bits per heavy atom. The molecule has 2 aromatic carbocycles. The van der Waals surface area contributed by atoms with Gasteiger partial charge in [-0.15, -0.1) is 11.3 Å². The highest BCUT2D eigenvalue weighted by atomic mass is 32.1. The van der Waals surface area contributed by atoms with Gasteiger partial charge in [0.05, 0.1) is 10.6 Å². The number of rotatable bonds is 8. The third-order valence-corrected chi connectivity index (χ3v) is 6.13. The fourth-order valence-electron chi connectivity index (χ4n) is 3.59. The van der Waals surface area contributed by atoms with Crippen molar-refractivity contribution < 1.29 is 4.74 Å². The predicted molar refractivity (Wildman–Crippen MR) is 119 cm³/mol. The largest absolute Gasteiger partial charge is 0.489 e. The highest BCUT2D eigenvalue weighted by molar-refractivity contribution is 7.13. The first-order chi connectivity index (χ1) is 13.8. The molecule has 0 saturated carbocycles. The number of hydrogen-bond donors (Lipinski definition) is 2. The summed E-state index contributed by atoms with van der Waals surface area (Å²) >= 11 is 1.80. The van der Waals surface area contributed by atoms with Gasteiger partial charge in [0.2, 0.25) is 0 Å². The number of nitrogens with two attached hydrogens (primary N) is 1. The summed E-state index contributed by atoms with van der Waals surface area (Å²) in [6, 6.07) is 18.8. The van der Waals surface area contributed by atoms with E-state index in [4.69, 9.17) is 10.5 Å². The van der Waals surface area contributed by atoms with Crippen LogP contribution in [0.1, 0.15) is 29.5 Å². The summed E-state index contributed by atoms with van der Waals surface area (Å²) in [4.78, 5) is 4.98. The number of hydrogen-bond acceptors (Lipinski definition) is 3. The molecule has 2 heterocycles. The summed E-state index contributed by atoms with van der Waals surface area (Å²) in [5.41, 5.74) is 12.0. The fraction of sp³-hybridized carbons (Fsp3) is 0.250. The molecular weight excluding hydrogens is 364 g/mol. The van der Waals surface area contributed by atoms with E-state index in [1.54, 1.807) is 11.3 Å². The van der Waals surface area contributed by atoms with Crippen molar-refractivity contribution in [1.29, 1.82) is 0 Å². The molecule has 3 nitrogen and oxygen atoms in total. The number of thiophene rings is 1. The van der Waals surface area contributed by atoms with Crippen LogP contribution in [0.4, 0.5) is 0 Å². The standard InChI is InChI=1S/C24H26N2OS/c1-17-12-14-28-24(17)23-20(9-5-6-13-25)21-15-19(10-11-22(21)26-23)27-16-18-7-3-2-4-8-18/h2-4,7-8,10-12,14-15,26H,5-6,9,13,16,25H2,1H3. The molecular formula is C24H26N2OS. The monoisotopic (exact) mass is 390 g/mol. The summed E-state index contributed by atoms with van der Waals surface area (Å²) in [6.45, 7) is 3.49. The minimum atomic E-state index is 0.580. The van der Waals surface area contributed by atoms with Crippen molar-refractivity contribution in [1.82, 2.24) is 4.98 Å². The van der Waals surface area contributed by atoms with E-state index in [0.717, 1.165) is 37.1 Å². The summed E-state index contributed by atoms with van der Waals surface area (Å²) in [5, 5.41) is 3.42. The van der Waals surface area contributed by atoms with Gasteiger partial charge in [-0.3, -0.25) is 0 Å². The Balaban J connectivity index is 1.68. The van der Waals surface area contributed by atoms with E-state index in [2.05, 4.69) is 53.7 Å². The van der Waals surface area contributed by atoms with Crippen LogP contribution >= 0.6 is 11.3 Å². The molecule has 0 amide bonds. The van der Waals surface area contributed by atoms with Crippen LogP contribution in [0.5, 0.6) is 5.75 Å². The van der Waals surface area contributed by atoms with Gasteiger partial charge in [0.1, 0.15) is 12.4 Å². The van der Waals surface area contributed by atoms with Crippen LogP contribution in [0.15, 0.2) is 60.0 Å². The third kappa shape index (κ3) is 3.98. The van der Waals surface area contributed by atoms with Gasteiger partial charge >= 0.3 is 0 Å². The molecule has 0 bridgehead atoms. The summed E-state index contributed by atoms with van der Waals surface area (Å²) in [5.74, 6) is 0.907. The quantitative estimate of drug-likeness (QED) is 0.359. The minimum Gasteiger partial charge on any atom is -0.489 e. The second kappa shape index (κ2) is 8.63. The van der Waals surface area contributed by atoms with E-state index in [0.29, 0.717) is 6.61 Å². The number of fused-ring (bicyclic) bond motifs is 1. The van der Waals surface area contributed by atoms with Crippen molar-refractivity contribution in [3.8, 4) is 16.3 Å². The maximum absolute atomic E-state index is 6.07. The molecule has 0 aliphatic carbocycles. The SMILES string of the molecule is Cc1ccsc1-c1[nH]c2ccc(OCc3ccccc3)cc2c1CCCCN. The van der Waals surface area contributed by atoms with Gasteiger partial charge < -0.3 is 15.5 Å². The summed E-state index contributed by atoms with van der Waals surface area (Å²) in [6.07, 6.45) is 3.15. The Bertz CT molecular complexity index is 1050. The minimum absolute atomic E-state index is 0.580. The molecule has 0 unspecified atom stereocenters. The molecule has 28 heavy (non-hydrogen) atoms. The normalized spacial score (nSPS) is 11.2. The number of aromatic nitrogens is 1. The van der Waals surface area contributed by atoms with Crippen molar-refractivity contribution in [2.45, 2.75) is 32.8 Å². The van der Waals surface area contributed by atoms with E-state index < -0.39 is 0 Å². The average Bonchev–Trinajstić information content (AvgIpc) is 3.30. The summed E-state index contributed by atoms with van der Waals surface area (Å²) < 4.78 is 6.07. The summed E-state index contributed by atoms with van der Waals surface area (Å²) in [7, 11) is 0. The Kier molecular flexibility index (Phi) is 5.79. The lowest BCUT2D eigenvalue weighted by atomic mass is 10.0. The molecule has 2 aromatic heterocycles. The van der Waals surface area contributed by atoms with Gasteiger partial charge in [0.25, 0.3) is 0 Å². The molecule has 0 fully saturated rings. The molecule has 4 aromatic rings. The van der Waals surface area contributed by atoms with E-state index >= 15 is 0 Å². The van der Waals surface area contributed by atoms with Gasteiger partial charge in [0.15, 0.2) is 0 Å². The zero-order valence-electron chi connectivity index (χ0n) is 16.2. The molecule has 0 aliphatic heterocycles. The Morgan fingerprint density at radius 2 is 1.89 bits per heavy atom. The number of unbranched alkanes of at least 4 members (excludes halogenated alkanes) is 1. The molecule has 4 heteroatoms. The number of H-pyrrole nitrogens is 1. The van der Waals surface area contributed by atoms with Gasteiger partial charge in [-0.1, -0.05) is 30.3 Å². The van der Waals surface area contributed by atoms with E-state index in [9.17, 15) is 0 Å². The van der Waals surface area contributed by atoms with Gasteiger partial charge in [-0.2, -0.15) is 0 Å². The molecule has 0 saturated heterocycles. The maximum Gasteiger partial charge on any atom is 0.120 e. The topological polar surface area (TPSA) is 51.0 Å². The van der Waals surface area contributed by atoms with Crippen LogP contribution in [0, 0.1) is 6.92 Å². The Morgan fingerprint density at radius 1 is 1.04 bits per heavy atom. The smallest absolute Gasteiger partial charge is 0.120 e. The number of aryl methyl sites for hydroxylation is 2. The van der Waals surface area contributed by atoms with Crippen molar-refractivity contribution in [3.05, 3.63) is 76.7 Å². The molecule has 0 aliphatic rings. The Labute approximate surface area is 170 Å². The van der Waals surface area contributed by atoms with Crippen LogP contribution in [0.2, 0.25) is 0 Å². The predicted octanol–water partition coefficient (Wildman–Crippen LogP) is 6.07. The maximum atomic E-state index is 6.07. The number of ether oxygens (including phenoxy) is 1. The molecule has 0 radical (unpaired) electrons. The highest BCUT2D eigenvalue weighted by Crippen LogP contribution is 2.37. The molecule has 3 N–H and O–H groups in total. The zero-order chi connectivity index (χ0) is 19.3. The number of nitrogens with one attached hydrogen (secondary N) is 1. The second-order valence-electron chi connectivity index (χ2n) is 7.14. The van der Waals surface area contributed by atoms with Gasteiger partial charge in [0, 0.05) is 10.9 Å². The van der Waals surface area contributed by atoms with Gasteiger partial charge in [-0.05, 0) is 79.1 Å². The average molecular weight is 391 g/mol. The first kappa shape index (κ1) is 18.8. The van der Waals surface area contributed by atoms with Gasteiger partial charge in [-0.25, -0.2) is 0 Å². The third-order valence-electron chi connectivity index (χ3n) is 5.10. The zero-order valence-corrected chi connectivity index (χ0v) is 17.0.